The van der Waals surface area contributed by atoms with E-state index >= 15 is 0 Å². The van der Waals surface area contributed by atoms with Gasteiger partial charge in [-0.1, -0.05) is 37.3 Å². The van der Waals surface area contributed by atoms with Crippen LogP contribution in [0.4, 0.5) is 4.79 Å². The number of carbonyl (C=O) groups excluding carboxylic acids is 2. The summed E-state index contributed by atoms with van der Waals surface area (Å²) in [5.74, 6) is 1.62. The highest BCUT2D eigenvalue weighted by Gasteiger charge is 2.55. The van der Waals surface area contributed by atoms with Crippen molar-refractivity contribution in [2.75, 3.05) is 33.9 Å². The number of likely N-dealkylation sites (tertiary alicyclic amines) is 1. The van der Waals surface area contributed by atoms with Crippen LogP contribution in [0.2, 0.25) is 0 Å². The molecule has 0 aromatic heterocycles. The molecule has 7 heteroatoms. The minimum atomic E-state index is -0.422. The number of likely N-dealkylation sites (N-methyl/N-ethyl adjacent to an activating group) is 1. The van der Waals surface area contributed by atoms with E-state index in [1.807, 2.05) is 78.8 Å². The molecule has 1 atom stereocenters. The molecule has 2 fully saturated rings. The van der Waals surface area contributed by atoms with Crippen LogP contribution in [0.15, 0.2) is 59.4 Å². The standard InChI is InChI=1S/C31H41N3O4/c1-8-10-11-12-21(3)23(5)29(35)32-15-13-31(14-16-32)27-17-22(4)28-24(18-25(37-6)19-26(28)38-7)20-33(27)30(36)34(31)9-2/h8,10-12,17-19,22H,9,13-16,20H2,1-7H3/b10-8-,12-11-,23-21-/t22-/m0/s1. The van der Waals surface area contributed by atoms with Crippen molar-refractivity contribution < 1.29 is 19.1 Å². The number of benzene rings is 1. The predicted octanol–water partition coefficient (Wildman–Crippen LogP) is 5.79. The van der Waals surface area contributed by atoms with E-state index in [2.05, 4.69) is 13.0 Å². The quantitative estimate of drug-likeness (QED) is 0.352. The molecule has 1 spiro atoms. The third-order valence-electron chi connectivity index (χ3n) is 8.35. The van der Waals surface area contributed by atoms with Crippen LogP contribution in [0.3, 0.4) is 0 Å². The van der Waals surface area contributed by atoms with Gasteiger partial charge in [-0.25, -0.2) is 4.79 Å². The molecule has 0 radical (unpaired) electrons. The molecule has 0 saturated carbocycles. The number of piperidine rings is 1. The summed E-state index contributed by atoms with van der Waals surface area (Å²) in [5.41, 5.74) is 4.49. The number of nitrogens with zero attached hydrogens (tertiary/aromatic N) is 3. The normalized spacial score (nSPS) is 21.4. The zero-order chi connectivity index (χ0) is 27.6. The Balaban J connectivity index is 1.65. The first-order valence-electron chi connectivity index (χ1n) is 13.5. The van der Waals surface area contributed by atoms with Crippen molar-refractivity contribution in [1.29, 1.82) is 0 Å². The molecule has 0 N–H and O–H groups in total. The first kappa shape index (κ1) is 27.6. The fraction of sp³-hybridized carbons (Fsp3) is 0.484. The molecule has 1 aromatic rings. The largest absolute Gasteiger partial charge is 0.497 e. The second-order valence-corrected chi connectivity index (χ2v) is 10.4. The van der Waals surface area contributed by atoms with Crippen LogP contribution in [0.25, 0.3) is 0 Å². The molecule has 4 rings (SSSR count). The molecule has 38 heavy (non-hydrogen) atoms. The second-order valence-electron chi connectivity index (χ2n) is 10.4. The van der Waals surface area contributed by atoms with Crippen molar-refractivity contribution in [3.63, 3.8) is 0 Å². The number of amides is 3. The minimum absolute atomic E-state index is 0.0291. The highest BCUT2D eigenvalue weighted by molar-refractivity contribution is 5.94. The number of fused-ring (bicyclic) bond motifs is 3. The zero-order valence-corrected chi connectivity index (χ0v) is 23.8. The van der Waals surface area contributed by atoms with Crippen molar-refractivity contribution in [2.45, 2.75) is 65.5 Å². The van der Waals surface area contributed by atoms with Gasteiger partial charge in [0.25, 0.3) is 0 Å². The second kappa shape index (κ2) is 11.1. The van der Waals surface area contributed by atoms with Gasteiger partial charge in [0.1, 0.15) is 11.5 Å². The lowest BCUT2D eigenvalue weighted by Crippen LogP contribution is -2.54. The summed E-state index contributed by atoms with van der Waals surface area (Å²) >= 11 is 0. The van der Waals surface area contributed by atoms with Gasteiger partial charge < -0.3 is 19.3 Å². The molecule has 3 aliphatic heterocycles. The maximum Gasteiger partial charge on any atom is 0.325 e. The zero-order valence-electron chi connectivity index (χ0n) is 23.8. The van der Waals surface area contributed by atoms with Gasteiger partial charge in [0, 0.05) is 48.5 Å². The Labute approximate surface area is 227 Å². The first-order valence-corrected chi connectivity index (χ1v) is 13.5. The first-order chi connectivity index (χ1) is 18.2. The maximum atomic E-state index is 13.8. The van der Waals surface area contributed by atoms with Crippen molar-refractivity contribution in [3.05, 3.63) is 70.5 Å². The molecule has 7 nitrogen and oxygen atoms in total. The van der Waals surface area contributed by atoms with Gasteiger partial charge >= 0.3 is 6.03 Å². The predicted molar refractivity (Wildman–Crippen MR) is 150 cm³/mol. The van der Waals surface area contributed by atoms with Crippen LogP contribution in [0.1, 0.15) is 64.5 Å². The van der Waals surface area contributed by atoms with Crippen LogP contribution in [-0.4, -0.2) is 66.0 Å². The smallest absolute Gasteiger partial charge is 0.325 e. The van der Waals surface area contributed by atoms with Gasteiger partial charge in [-0.2, -0.15) is 0 Å². The summed E-state index contributed by atoms with van der Waals surface area (Å²) in [5, 5.41) is 0. The highest BCUT2D eigenvalue weighted by Crippen LogP contribution is 2.49. The van der Waals surface area contributed by atoms with Gasteiger partial charge in [-0.3, -0.25) is 9.69 Å². The molecule has 0 unspecified atom stereocenters. The number of rotatable bonds is 6. The Kier molecular flexibility index (Phi) is 8.05. The molecule has 0 bridgehead atoms. The molecular weight excluding hydrogens is 478 g/mol. The van der Waals surface area contributed by atoms with Crippen LogP contribution in [0.5, 0.6) is 11.5 Å². The Morgan fingerprint density at radius 1 is 1.13 bits per heavy atom. The SMILES string of the molecule is C\C=C/C=C\C(C)=C(\C)C(=O)N1CCC2(CC1)C1=C[C@H](C)c3c(cc(OC)cc3OC)CN1C(=O)N2CC. The van der Waals surface area contributed by atoms with Crippen molar-refractivity contribution in [2.24, 2.45) is 0 Å². The number of carbonyl (C=O) groups is 2. The summed E-state index contributed by atoms with van der Waals surface area (Å²) in [4.78, 5) is 33.0. The number of allylic oxidation sites excluding steroid dienone is 6. The lowest BCUT2D eigenvalue weighted by molar-refractivity contribution is -0.129. The van der Waals surface area contributed by atoms with Gasteiger partial charge in [0.15, 0.2) is 0 Å². The number of ether oxygens (including phenoxy) is 2. The van der Waals surface area contributed by atoms with Crippen LogP contribution >= 0.6 is 0 Å². The number of urea groups is 1. The lowest BCUT2D eigenvalue weighted by atomic mass is 9.82. The number of hydrogen-bond acceptors (Lipinski definition) is 4. The van der Waals surface area contributed by atoms with Gasteiger partial charge in [0.2, 0.25) is 5.91 Å². The third-order valence-corrected chi connectivity index (χ3v) is 8.35. The van der Waals surface area contributed by atoms with Gasteiger partial charge in [-0.15, -0.1) is 0 Å². The average molecular weight is 520 g/mol. The van der Waals surface area contributed by atoms with E-state index in [-0.39, 0.29) is 17.9 Å². The van der Waals surface area contributed by atoms with E-state index in [9.17, 15) is 9.59 Å². The van der Waals surface area contributed by atoms with Crippen LogP contribution in [-0.2, 0) is 11.3 Å². The summed E-state index contributed by atoms with van der Waals surface area (Å²) in [6.07, 6.45) is 11.5. The Bertz CT molecular complexity index is 1220. The van der Waals surface area contributed by atoms with Crippen molar-refractivity contribution >= 4 is 11.9 Å². The van der Waals surface area contributed by atoms with E-state index < -0.39 is 5.54 Å². The molecule has 204 valence electrons. The molecule has 1 aromatic carbocycles. The molecule has 3 amide bonds. The van der Waals surface area contributed by atoms with E-state index in [0.29, 0.717) is 39.0 Å². The Morgan fingerprint density at radius 2 is 1.84 bits per heavy atom. The summed E-state index contributed by atoms with van der Waals surface area (Å²) in [6, 6.07) is 3.96. The molecule has 2 saturated heterocycles. The fourth-order valence-electron chi connectivity index (χ4n) is 6.19. The minimum Gasteiger partial charge on any atom is -0.497 e. The fourth-order valence-corrected chi connectivity index (χ4v) is 6.19. The van der Waals surface area contributed by atoms with E-state index in [1.165, 1.54) is 0 Å². The highest BCUT2D eigenvalue weighted by atomic mass is 16.5. The van der Waals surface area contributed by atoms with Crippen molar-refractivity contribution in [1.82, 2.24) is 14.7 Å². The maximum absolute atomic E-state index is 13.8. The molecular formula is C31H41N3O4. The summed E-state index contributed by atoms with van der Waals surface area (Å²) < 4.78 is 11.3. The average Bonchev–Trinajstić information content (AvgIpc) is 3.03. The topological polar surface area (TPSA) is 62.3 Å². The van der Waals surface area contributed by atoms with Crippen LogP contribution < -0.4 is 9.47 Å². The van der Waals surface area contributed by atoms with Crippen molar-refractivity contribution in [3.8, 4) is 11.5 Å². The number of methoxy groups -OCH3 is 2. The summed E-state index contributed by atoms with van der Waals surface area (Å²) in [7, 11) is 3.32. The monoisotopic (exact) mass is 519 g/mol. The number of hydrogen-bond donors (Lipinski definition) is 0. The van der Waals surface area contributed by atoms with Crippen LogP contribution in [0, 0.1) is 0 Å². The molecule has 3 heterocycles. The Hall–Kier alpha value is -3.48. The molecule has 0 aliphatic carbocycles. The van der Waals surface area contributed by atoms with E-state index in [1.54, 1.807) is 14.2 Å². The van der Waals surface area contributed by atoms with Gasteiger partial charge in [-0.05, 0) is 57.7 Å². The lowest BCUT2D eigenvalue weighted by Gasteiger charge is -2.44. The molecule has 3 aliphatic rings. The Morgan fingerprint density at radius 3 is 2.45 bits per heavy atom. The van der Waals surface area contributed by atoms with E-state index in [0.717, 1.165) is 39.5 Å². The van der Waals surface area contributed by atoms with E-state index in [4.69, 9.17) is 9.47 Å². The van der Waals surface area contributed by atoms with Gasteiger partial charge in [0.05, 0.1) is 26.3 Å². The summed E-state index contributed by atoms with van der Waals surface area (Å²) in [6.45, 7) is 12.4. The third kappa shape index (κ3) is 4.63.